The summed E-state index contributed by atoms with van der Waals surface area (Å²) in [4.78, 5) is 24.3. The van der Waals surface area contributed by atoms with Crippen LogP contribution in [0.25, 0.3) is 0 Å². The van der Waals surface area contributed by atoms with E-state index >= 15 is 0 Å². The van der Waals surface area contributed by atoms with Crippen molar-refractivity contribution in [2.45, 2.75) is 39.5 Å². The second-order valence-electron chi connectivity index (χ2n) is 6.79. The molecular formula is C18H24N2O2. The van der Waals surface area contributed by atoms with Crippen LogP contribution in [0.4, 0.5) is 5.69 Å². The molecule has 22 heavy (non-hydrogen) atoms. The molecule has 2 bridgehead atoms. The fourth-order valence-corrected chi connectivity index (χ4v) is 3.95. The Labute approximate surface area is 131 Å². The van der Waals surface area contributed by atoms with Crippen LogP contribution in [-0.2, 0) is 9.59 Å². The molecule has 0 saturated heterocycles. The zero-order valence-corrected chi connectivity index (χ0v) is 13.3. The van der Waals surface area contributed by atoms with Gasteiger partial charge in [-0.15, -0.1) is 0 Å². The molecule has 3 unspecified atom stereocenters. The van der Waals surface area contributed by atoms with Crippen LogP contribution < -0.4 is 10.6 Å². The maximum Gasteiger partial charge on any atom is 0.243 e. The van der Waals surface area contributed by atoms with Crippen molar-refractivity contribution in [1.29, 1.82) is 0 Å². The van der Waals surface area contributed by atoms with Crippen molar-refractivity contribution in [2.24, 2.45) is 17.8 Å². The molecule has 4 nitrogen and oxygen atoms in total. The second kappa shape index (κ2) is 6.11. The molecule has 0 spiro atoms. The number of benzene rings is 1. The normalized spacial score (nSPS) is 26.0. The summed E-state index contributed by atoms with van der Waals surface area (Å²) < 4.78 is 0. The Hall–Kier alpha value is -1.84. The zero-order valence-electron chi connectivity index (χ0n) is 13.3. The average molecular weight is 300 g/mol. The average Bonchev–Trinajstić information content (AvgIpc) is 3.12. The van der Waals surface area contributed by atoms with Gasteiger partial charge in [-0.2, -0.15) is 0 Å². The van der Waals surface area contributed by atoms with E-state index in [1.54, 1.807) is 0 Å². The first kappa shape index (κ1) is 15.1. The molecule has 2 amide bonds. The van der Waals surface area contributed by atoms with Crippen molar-refractivity contribution in [3.8, 4) is 0 Å². The number of fused-ring (bicyclic) bond motifs is 2. The van der Waals surface area contributed by atoms with Crippen molar-refractivity contribution in [3.05, 3.63) is 29.3 Å². The molecule has 2 N–H and O–H groups in total. The second-order valence-corrected chi connectivity index (χ2v) is 6.79. The molecule has 0 aliphatic heterocycles. The van der Waals surface area contributed by atoms with Gasteiger partial charge >= 0.3 is 0 Å². The first-order valence-electron chi connectivity index (χ1n) is 8.18. The predicted molar refractivity (Wildman–Crippen MR) is 86.5 cm³/mol. The quantitative estimate of drug-likeness (QED) is 0.898. The van der Waals surface area contributed by atoms with Crippen LogP contribution in [0.5, 0.6) is 0 Å². The Morgan fingerprint density at radius 1 is 1.18 bits per heavy atom. The van der Waals surface area contributed by atoms with Crippen LogP contribution in [-0.4, -0.2) is 18.4 Å². The lowest BCUT2D eigenvalue weighted by molar-refractivity contribution is -0.128. The highest BCUT2D eigenvalue weighted by molar-refractivity contribution is 5.95. The number of rotatable bonds is 4. The van der Waals surface area contributed by atoms with Crippen molar-refractivity contribution in [1.82, 2.24) is 5.32 Å². The highest BCUT2D eigenvalue weighted by Gasteiger charge is 2.42. The van der Waals surface area contributed by atoms with Gasteiger partial charge in [0.15, 0.2) is 0 Å². The van der Waals surface area contributed by atoms with Gasteiger partial charge in [0.25, 0.3) is 0 Å². The minimum atomic E-state index is -0.162. The number of carbonyl (C=O) groups is 2. The summed E-state index contributed by atoms with van der Waals surface area (Å²) in [5.41, 5.74) is 3.03. The van der Waals surface area contributed by atoms with Gasteiger partial charge in [-0.05, 0) is 62.1 Å². The van der Waals surface area contributed by atoms with Crippen molar-refractivity contribution in [2.75, 3.05) is 11.9 Å². The SMILES string of the molecule is Cc1cccc(NC(=O)CNC(=O)C2CC3CCC2C3)c1C. The summed E-state index contributed by atoms with van der Waals surface area (Å²) in [6, 6.07) is 5.83. The molecular weight excluding hydrogens is 276 g/mol. The van der Waals surface area contributed by atoms with Crippen LogP contribution in [0.3, 0.4) is 0 Å². The third-order valence-corrected chi connectivity index (χ3v) is 5.38. The molecule has 3 atom stereocenters. The smallest absolute Gasteiger partial charge is 0.243 e. The van der Waals surface area contributed by atoms with Crippen LogP contribution >= 0.6 is 0 Å². The van der Waals surface area contributed by atoms with E-state index in [4.69, 9.17) is 0 Å². The molecule has 0 heterocycles. The Balaban J connectivity index is 1.50. The fourth-order valence-electron chi connectivity index (χ4n) is 3.95. The van der Waals surface area contributed by atoms with E-state index in [9.17, 15) is 9.59 Å². The monoisotopic (exact) mass is 300 g/mol. The molecule has 3 rings (SSSR count). The topological polar surface area (TPSA) is 58.2 Å². The maximum absolute atomic E-state index is 12.2. The molecule has 2 saturated carbocycles. The number of hydrogen-bond donors (Lipinski definition) is 2. The lowest BCUT2D eigenvalue weighted by atomic mass is 9.88. The van der Waals surface area contributed by atoms with Gasteiger partial charge in [0.1, 0.15) is 0 Å². The number of carbonyl (C=O) groups excluding carboxylic acids is 2. The third kappa shape index (κ3) is 3.01. The highest BCUT2D eigenvalue weighted by Crippen LogP contribution is 2.48. The minimum Gasteiger partial charge on any atom is -0.347 e. The van der Waals surface area contributed by atoms with Crippen molar-refractivity contribution >= 4 is 17.5 Å². The number of hydrogen-bond acceptors (Lipinski definition) is 2. The van der Waals surface area contributed by atoms with Gasteiger partial charge in [0, 0.05) is 11.6 Å². The van der Waals surface area contributed by atoms with Gasteiger partial charge in [-0.3, -0.25) is 9.59 Å². The molecule has 0 aromatic heterocycles. The maximum atomic E-state index is 12.2. The Morgan fingerprint density at radius 3 is 2.68 bits per heavy atom. The van der Waals surface area contributed by atoms with Crippen LogP contribution in [0.2, 0.25) is 0 Å². The summed E-state index contributed by atoms with van der Waals surface area (Å²) in [7, 11) is 0. The zero-order chi connectivity index (χ0) is 15.7. The van der Waals surface area contributed by atoms with E-state index in [2.05, 4.69) is 10.6 Å². The van der Waals surface area contributed by atoms with Crippen LogP contribution in [0.1, 0.15) is 36.8 Å². The molecule has 0 radical (unpaired) electrons. The number of nitrogens with one attached hydrogen (secondary N) is 2. The first-order chi connectivity index (χ1) is 10.5. The molecule has 4 heteroatoms. The van der Waals surface area contributed by atoms with Gasteiger partial charge in [0.2, 0.25) is 11.8 Å². The van der Waals surface area contributed by atoms with Crippen LogP contribution in [0, 0.1) is 31.6 Å². The highest BCUT2D eigenvalue weighted by atomic mass is 16.2. The molecule has 2 fully saturated rings. The number of anilines is 1. The van der Waals surface area contributed by atoms with E-state index in [0.29, 0.717) is 5.92 Å². The summed E-state index contributed by atoms with van der Waals surface area (Å²) >= 11 is 0. The molecule has 1 aromatic carbocycles. The van der Waals surface area contributed by atoms with Crippen molar-refractivity contribution < 1.29 is 9.59 Å². The van der Waals surface area contributed by atoms with Crippen LogP contribution in [0.15, 0.2) is 18.2 Å². The van der Waals surface area contributed by atoms with Crippen molar-refractivity contribution in [3.63, 3.8) is 0 Å². The molecule has 2 aliphatic rings. The van der Waals surface area contributed by atoms with E-state index in [1.165, 1.54) is 19.3 Å². The lowest BCUT2D eigenvalue weighted by Crippen LogP contribution is -2.38. The Kier molecular flexibility index (Phi) is 4.19. The number of aryl methyl sites for hydroxylation is 1. The van der Waals surface area contributed by atoms with Gasteiger partial charge in [-0.1, -0.05) is 18.6 Å². The molecule has 2 aliphatic carbocycles. The van der Waals surface area contributed by atoms with E-state index in [1.807, 2.05) is 32.0 Å². The van der Waals surface area contributed by atoms with E-state index in [-0.39, 0.29) is 24.3 Å². The largest absolute Gasteiger partial charge is 0.347 e. The standard InChI is InChI=1S/C18H24N2O2/c1-11-4-3-5-16(12(11)2)20-17(21)10-19-18(22)15-9-13-6-7-14(15)8-13/h3-5,13-15H,6-10H2,1-2H3,(H,19,22)(H,20,21). The molecule has 118 valence electrons. The van der Waals surface area contributed by atoms with Gasteiger partial charge < -0.3 is 10.6 Å². The first-order valence-corrected chi connectivity index (χ1v) is 8.18. The Bertz CT molecular complexity index is 597. The molecule has 1 aromatic rings. The van der Waals surface area contributed by atoms with E-state index < -0.39 is 0 Å². The fraction of sp³-hybridized carbons (Fsp3) is 0.556. The summed E-state index contributed by atoms with van der Waals surface area (Å²) in [5, 5.41) is 5.69. The minimum absolute atomic E-state index is 0.0557. The Morgan fingerprint density at radius 2 is 2.00 bits per heavy atom. The predicted octanol–water partition coefficient (Wildman–Crippen LogP) is 2.79. The summed E-state index contributed by atoms with van der Waals surface area (Å²) in [6.45, 7) is 4.06. The number of amides is 2. The summed E-state index contributed by atoms with van der Waals surface area (Å²) in [6.07, 6.45) is 4.67. The third-order valence-electron chi connectivity index (χ3n) is 5.38. The lowest BCUT2D eigenvalue weighted by Gasteiger charge is -2.20. The van der Waals surface area contributed by atoms with Gasteiger partial charge in [0.05, 0.1) is 6.54 Å². The van der Waals surface area contributed by atoms with E-state index in [0.717, 1.165) is 29.2 Å². The summed E-state index contributed by atoms with van der Waals surface area (Å²) in [5.74, 6) is 1.32. The van der Waals surface area contributed by atoms with Gasteiger partial charge in [-0.25, -0.2) is 0 Å².